The highest BCUT2D eigenvalue weighted by molar-refractivity contribution is 7.10. The highest BCUT2D eigenvalue weighted by Gasteiger charge is 2.28. The predicted molar refractivity (Wildman–Crippen MR) is 164 cm³/mol. The van der Waals surface area contributed by atoms with Crippen molar-refractivity contribution in [2.75, 3.05) is 23.7 Å². The van der Waals surface area contributed by atoms with Crippen LogP contribution in [0, 0.1) is 18.3 Å². The number of nitrogens with zero attached hydrogens (tertiary/aromatic N) is 3. The maximum absolute atomic E-state index is 9.90. The molecule has 0 spiro atoms. The van der Waals surface area contributed by atoms with Crippen LogP contribution in [-0.2, 0) is 0 Å². The molecule has 204 valence electrons. The SMILES string of the molecule is Cc1ccc(Nc2c(C#N)cnc3c(Cl)cc(N[C@H](C4=CN(C5CCNCC5)NN4)c4cccs4)cc23)cc1Cl. The van der Waals surface area contributed by atoms with Crippen LogP contribution in [-0.4, -0.2) is 29.1 Å². The molecule has 2 aliphatic heterocycles. The molecular weight excluding hydrogens is 563 g/mol. The van der Waals surface area contributed by atoms with E-state index in [9.17, 15) is 5.26 Å². The number of pyridine rings is 1. The molecular formula is C29H28Cl2N8S. The third-order valence-corrected chi connectivity index (χ3v) is 8.88. The summed E-state index contributed by atoms with van der Waals surface area (Å²) >= 11 is 14.8. The van der Waals surface area contributed by atoms with Crippen LogP contribution in [0.4, 0.5) is 17.1 Å². The average molecular weight is 592 g/mol. The van der Waals surface area contributed by atoms with Crippen LogP contribution in [0.5, 0.6) is 0 Å². The van der Waals surface area contributed by atoms with Gasteiger partial charge in [-0.1, -0.05) is 35.3 Å². The van der Waals surface area contributed by atoms with Gasteiger partial charge in [0.2, 0.25) is 0 Å². The number of anilines is 3. The first-order valence-electron chi connectivity index (χ1n) is 13.1. The summed E-state index contributed by atoms with van der Waals surface area (Å²) < 4.78 is 0. The van der Waals surface area contributed by atoms with Gasteiger partial charge in [-0.25, -0.2) is 0 Å². The predicted octanol–water partition coefficient (Wildman–Crippen LogP) is 6.60. The molecule has 0 saturated carbocycles. The average Bonchev–Trinajstić information content (AvgIpc) is 3.68. The molecule has 1 saturated heterocycles. The van der Waals surface area contributed by atoms with Crippen molar-refractivity contribution in [2.45, 2.75) is 31.8 Å². The van der Waals surface area contributed by atoms with Crippen LogP contribution < -0.4 is 26.9 Å². The molecule has 5 N–H and O–H groups in total. The van der Waals surface area contributed by atoms with E-state index in [-0.39, 0.29) is 6.04 Å². The molecule has 40 heavy (non-hydrogen) atoms. The van der Waals surface area contributed by atoms with Gasteiger partial charge >= 0.3 is 0 Å². The Morgan fingerprint density at radius 2 is 1.95 bits per heavy atom. The summed E-state index contributed by atoms with van der Waals surface area (Å²) in [5, 5.41) is 26.5. The molecule has 0 amide bonds. The fourth-order valence-electron chi connectivity index (χ4n) is 5.07. The second kappa shape index (κ2) is 11.5. The second-order valence-corrected chi connectivity index (χ2v) is 11.7. The third-order valence-electron chi connectivity index (χ3n) is 7.25. The van der Waals surface area contributed by atoms with Crippen LogP contribution >= 0.6 is 34.5 Å². The fraction of sp³-hybridized carbons (Fsp3) is 0.241. The summed E-state index contributed by atoms with van der Waals surface area (Å²) in [6, 6.07) is 16.3. The van der Waals surface area contributed by atoms with Crippen LogP contribution in [0.2, 0.25) is 10.0 Å². The zero-order valence-electron chi connectivity index (χ0n) is 21.8. The molecule has 0 aliphatic carbocycles. The largest absolute Gasteiger partial charge is 0.372 e. The number of nitrogens with one attached hydrogen (secondary N) is 5. The van der Waals surface area contributed by atoms with Gasteiger partial charge in [-0.15, -0.1) is 16.9 Å². The van der Waals surface area contributed by atoms with E-state index < -0.39 is 0 Å². The molecule has 4 heterocycles. The first-order valence-corrected chi connectivity index (χ1v) is 14.7. The number of aromatic nitrogens is 1. The number of halogens is 2. The van der Waals surface area contributed by atoms with E-state index in [0.29, 0.717) is 32.9 Å². The number of rotatable bonds is 7. The molecule has 8 nitrogen and oxygen atoms in total. The van der Waals surface area contributed by atoms with E-state index in [2.05, 4.69) is 60.6 Å². The van der Waals surface area contributed by atoms with Crippen molar-refractivity contribution >= 4 is 62.5 Å². The van der Waals surface area contributed by atoms with Gasteiger partial charge < -0.3 is 21.4 Å². The molecule has 0 bridgehead atoms. The lowest BCUT2D eigenvalue weighted by Gasteiger charge is -2.30. The van der Waals surface area contributed by atoms with Crippen molar-refractivity contribution in [1.29, 1.82) is 5.26 Å². The first-order chi connectivity index (χ1) is 19.5. The molecule has 6 rings (SSSR count). The lowest BCUT2D eigenvalue weighted by Crippen LogP contribution is -2.47. The number of thiophene rings is 1. The van der Waals surface area contributed by atoms with Crippen molar-refractivity contribution < 1.29 is 0 Å². The van der Waals surface area contributed by atoms with Gasteiger partial charge in [-0.3, -0.25) is 9.99 Å². The van der Waals surface area contributed by atoms with Gasteiger partial charge in [0, 0.05) is 45.1 Å². The van der Waals surface area contributed by atoms with E-state index in [1.54, 1.807) is 17.5 Å². The number of hydrazine groups is 2. The minimum atomic E-state index is -0.146. The van der Waals surface area contributed by atoms with E-state index >= 15 is 0 Å². The Morgan fingerprint density at radius 1 is 1.12 bits per heavy atom. The number of nitriles is 1. The molecule has 0 radical (unpaired) electrons. The molecule has 4 aromatic rings. The first kappa shape index (κ1) is 26.7. The lowest BCUT2D eigenvalue weighted by atomic mass is 10.1. The normalized spacial score (nSPS) is 16.4. The highest BCUT2D eigenvalue weighted by atomic mass is 35.5. The van der Waals surface area contributed by atoms with Crippen LogP contribution in [0.3, 0.4) is 0 Å². The number of fused-ring (bicyclic) bond motifs is 1. The summed E-state index contributed by atoms with van der Waals surface area (Å²) in [6.45, 7) is 3.97. The quantitative estimate of drug-likeness (QED) is 0.164. The standard InChI is InChI=1S/C29H28Cl2N8S/c1-17-4-5-19(12-23(17)30)35-27-18(14-32)15-34-28-22(27)11-20(13-24(28)31)36-29(26-3-2-10-40-26)25-16-39(38-37-25)21-6-8-33-9-7-21/h2-5,10-13,15-16,21,29,33,36-38H,6-9H2,1H3,(H,34,35)/t29-/m1/s1. The van der Waals surface area contributed by atoms with Crippen molar-refractivity contribution in [3.8, 4) is 6.07 Å². The van der Waals surface area contributed by atoms with Gasteiger partial charge in [0.15, 0.2) is 0 Å². The Bertz CT molecular complexity index is 1610. The van der Waals surface area contributed by atoms with Gasteiger partial charge in [-0.05, 0) is 74.1 Å². The number of aryl methyl sites for hydroxylation is 1. The van der Waals surface area contributed by atoms with Gasteiger partial charge in [0.25, 0.3) is 0 Å². The topological polar surface area (TPSA) is 100 Å². The minimum absolute atomic E-state index is 0.146. The van der Waals surface area contributed by atoms with E-state index in [1.807, 2.05) is 43.3 Å². The molecule has 1 atom stereocenters. The summed E-state index contributed by atoms with van der Waals surface area (Å²) in [5.41, 5.74) is 11.9. The van der Waals surface area contributed by atoms with Crippen LogP contribution in [0.1, 0.15) is 34.9 Å². The molecule has 0 unspecified atom stereocenters. The summed E-state index contributed by atoms with van der Waals surface area (Å²) in [5.74, 6) is 0. The molecule has 2 aromatic heterocycles. The van der Waals surface area contributed by atoms with Crippen LogP contribution in [0.15, 0.2) is 65.9 Å². The highest BCUT2D eigenvalue weighted by Crippen LogP contribution is 2.38. The lowest BCUT2D eigenvalue weighted by molar-refractivity contribution is 0.162. The number of hydrogen-bond acceptors (Lipinski definition) is 9. The Hall–Kier alpha value is -3.52. The Kier molecular flexibility index (Phi) is 7.69. The maximum atomic E-state index is 9.90. The van der Waals surface area contributed by atoms with E-state index in [0.717, 1.165) is 58.8 Å². The third kappa shape index (κ3) is 5.42. The summed E-state index contributed by atoms with van der Waals surface area (Å²) in [7, 11) is 0. The van der Waals surface area contributed by atoms with E-state index in [1.165, 1.54) is 0 Å². The zero-order valence-corrected chi connectivity index (χ0v) is 24.1. The molecule has 1 fully saturated rings. The summed E-state index contributed by atoms with van der Waals surface area (Å²) in [6.07, 6.45) is 5.85. The molecule has 11 heteroatoms. The van der Waals surface area contributed by atoms with Crippen molar-refractivity contribution in [1.82, 2.24) is 26.3 Å². The monoisotopic (exact) mass is 590 g/mol. The van der Waals surface area contributed by atoms with Crippen molar-refractivity contribution in [2.24, 2.45) is 0 Å². The fourth-order valence-corrected chi connectivity index (χ4v) is 6.32. The maximum Gasteiger partial charge on any atom is 0.104 e. The van der Waals surface area contributed by atoms with Gasteiger partial charge in [0.05, 0.1) is 27.5 Å². The van der Waals surface area contributed by atoms with Crippen molar-refractivity contribution in [3.05, 3.63) is 92.0 Å². The van der Waals surface area contributed by atoms with Crippen molar-refractivity contribution in [3.63, 3.8) is 0 Å². The number of benzene rings is 2. The molecule has 2 aliphatic rings. The molecule has 2 aromatic carbocycles. The Balaban J connectivity index is 1.37. The van der Waals surface area contributed by atoms with Crippen LogP contribution in [0.25, 0.3) is 10.9 Å². The Morgan fingerprint density at radius 3 is 2.70 bits per heavy atom. The Labute approximate surface area is 246 Å². The number of hydrogen-bond donors (Lipinski definition) is 5. The van der Waals surface area contributed by atoms with Gasteiger partial charge in [0.1, 0.15) is 12.1 Å². The van der Waals surface area contributed by atoms with E-state index in [4.69, 9.17) is 23.2 Å². The number of piperidine rings is 1. The second-order valence-electron chi connectivity index (χ2n) is 9.90. The van der Waals surface area contributed by atoms with Gasteiger partial charge in [-0.2, -0.15) is 5.26 Å². The minimum Gasteiger partial charge on any atom is -0.372 e. The zero-order chi connectivity index (χ0) is 27.6. The smallest absolute Gasteiger partial charge is 0.104 e. The summed E-state index contributed by atoms with van der Waals surface area (Å²) in [4.78, 5) is 5.66.